The van der Waals surface area contributed by atoms with E-state index < -0.39 is 29.7 Å². The van der Waals surface area contributed by atoms with Gasteiger partial charge in [0.1, 0.15) is 12.2 Å². The molecule has 1 aromatic carbocycles. The first-order valence-electron chi connectivity index (χ1n) is 19.5. The first kappa shape index (κ1) is 40.3. The number of phenols is 1. The van der Waals surface area contributed by atoms with E-state index in [-0.39, 0.29) is 54.8 Å². The van der Waals surface area contributed by atoms with Crippen molar-refractivity contribution < 1.29 is 34.7 Å². The minimum atomic E-state index is -0.975. The average molecular weight is 774 g/mol. The van der Waals surface area contributed by atoms with Crippen molar-refractivity contribution in [3.8, 4) is 23.3 Å². The Hall–Kier alpha value is -2.38. The van der Waals surface area contributed by atoms with E-state index in [0.717, 1.165) is 62.9 Å². The maximum atomic E-state index is 12.7. The molecule has 9 N–H and O–H groups in total. The summed E-state index contributed by atoms with van der Waals surface area (Å²) in [6.07, 6.45) is 4.80. The zero-order chi connectivity index (χ0) is 37.6. The lowest BCUT2D eigenvalue weighted by atomic mass is 9.71. The summed E-state index contributed by atoms with van der Waals surface area (Å²) in [5.41, 5.74) is 6.45. The van der Waals surface area contributed by atoms with Gasteiger partial charge < -0.3 is 51.6 Å². The van der Waals surface area contributed by atoms with Gasteiger partial charge in [0.25, 0.3) is 0 Å². The fourth-order valence-corrected chi connectivity index (χ4v) is 11.6. The second-order valence-electron chi connectivity index (χ2n) is 15.8. The van der Waals surface area contributed by atoms with Crippen LogP contribution < -0.4 is 26.4 Å². The van der Waals surface area contributed by atoms with Gasteiger partial charge in [0.2, 0.25) is 0 Å². The van der Waals surface area contributed by atoms with Crippen molar-refractivity contribution in [2.24, 2.45) is 28.0 Å². The molecule has 1 aliphatic carbocycles. The number of rotatable bonds is 3. The summed E-state index contributed by atoms with van der Waals surface area (Å²) >= 11 is 0. The predicted molar refractivity (Wildman–Crippen MR) is 210 cm³/mol. The maximum absolute atomic E-state index is 12.7. The van der Waals surface area contributed by atoms with E-state index in [4.69, 9.17) is 15.2 Å². The Bertz CT molecular complexity index is 1510. The molecule has 7 rings (SSSR count). The summed E-state index contributed by atoms with van der Waals surface area (Å²) < 4.78 is 12.7. The molecule has 0 aromatic heterocycles. The number of hydrogen-bond donors (Lipinski definition) is 8. The number of aliphatic hydroxyl groups excluding tert-OH is 3. The number of esters is 1. The Morgan fingerprint density at radius 1 is 1.21 bits per heavy atom. The third-order valence-corrected chi connectivity index (χ3v) is 15.1. The van der Waals surface area contributed by atoms with Gasteiger partial charge in [0.15, 0.2) is 17.5 Å². The topological polar surface area (TPSA) is 191 Å². The first-order chi connectivity index (χ1) is 25.5. The summed E-state index contributed by atoms with van der Waals surface area (Å²) in [5.74, 6) is 7.53. The number of hydrogen-bond acceptors (Lipinski definition) is 14. The molecule has 0 amide bonds. The number of piperidine rings is 2. The number of nitrogens with one attached hydrogen (secondary N) is 3. The number of fused-ring (bicyclic) bond motifs is 11. The van der Waals surface area contributed by atoms with Crippen LogP contribution in [0.1, 0.15) is 89.2 Å². The van der Waals surface area contributed by atoms with E-state index in [2.05, 4.69) is 32.8 Å². The summed E-state index contributed by atoms with van der Waals surface area (Å²) in [6.45, 7) is 5.32. The molecule has 10 atom stereocenters. The van der Waals surface area contributed by atoms with E-state index >= 15 is 0 Å². The highest BCUT2D eigenvalue weighted by molar-refractivity contribution is 8.76. The third-order valence-electron chi connectivity index (χ3n) is 12.2. The molecule has 1 spiro atoms. The lowest BCUT2D eigenvalue weighted by molar-refractivity contribution is -0.152. The van der Waals surface area contributed by atoms with Gasteiger partial charge in [-0.15, -0.1) is 0 Å². The van der Waals surface area contributed by atoms with Crippen LogP contribution in [-0.4, -0.2) is 106 Å². The first-order valence-corrected chi connectivity index (χ1v) is 21.9. The number of nitrogens with two attached hydrogens (primary N) is 1. The maximum Gasteiger partial charge on any atom is 0.302 e. The molecule has 53 heavy (non-hydrogen) atoms. The monoisotopic (exact) mass is 773 g/mol. The van der Waals surface area contributed by atoms with Crippen molar-refractivity contribution in [2.45, 2.75) is 132 Å². The van der Waals surface area contributed by atoms with Crippen LogP contribution in [0.2, 0.25) is 0 Å². The van der Waals surface area contributed by atoms with Crippen molar-refractivity contribution in [3.63, 3.8) is 0 Å². The van der Waals surface area contributed by atoms with Gasteiger partial charge in [-0.1, -0.05) is 39.8 Å². The molecule has 14 heteroatoms. The van der Waals surface area contributed by atoms with Crippen molar-refractivity contribution in [2.75, 3.05) is 31.9 Å². The van der Waals surface area contributed by atoms with E-state index in [1.807, 2.05) is 27.7 Å². The quantitative estimate of drug-likeness (QED) is 0.127. The third kappa shape index (κ3) is 9.90. The minimum absolute atomic E-state index is 0.0207. The summed E-state index contributed by atoms with van der Waals surface area (Å²) in [6, 6.07) is 3.63. The largest absolute Gasteiger partial charge is 0.504 e. The lowest BCUT2D eigenvalue weighted by Gasteiger charge is -2.49. The second-order valence-corrected chi connectivity index (χ2v) is 18.6. The van der Waals surface area contributed by atoms with Gasteiger partial charge in [-0.05, 0) is 88.1 Å². The van der Waals surface area contributed by atoms with Crippen molar-refractivity contribution in [3.05, 3.63) is 23.3 Å². The SMILES string of the molecule is CC(=O)OC1CC(O)CCC2(C(C)O)C#CC3CCCC4(CC(CCN4)Oc4cc(c(CO)cc4O)CC31)C1CCC(CN1)SSCCNC(N)=NC2. The van der Waals surface area contributed by atoms with E-state index in [1.165, 1.54) is 6.92 Å². The summed E-state index contributed by atoms with van der Waals surface area (Å²) in [7, 11) is 3.75. The fraction of sp³-hybridized carbons (Fsp3) is 0.744. The van der Waals surface area contributed by atoms with Crippen LogP contribution >= 0.6 is 21.6 Å². The number of carbonyl (C=O) groups is 1. The highest BCUT2D eigenvalue weighted by Crippen LogP contribution is 2.43. The van der Waals surface area contributed by atoms with Gasteiger partial charge in [-0.25, -0.2) is 0 Å². The Balaban J connectivity index is 1.51. The molecule has 294 valence electrons. The van der Waals surface area contributed by atoms with E-state index in [0.29, 0.717) is 54.8 Å². The molecular formula is C39H59N5O7S2. The standard InChI is InChI=1S/C39H59N5O7S2/c1-24(46)38-11-7-26-4-3-10-39(36-6-5-31(21-42-36)53-52-15-14-41-37(40)43-23-38)20-30(9-13-44-39)51-35-18-27(28(22-45)17-33(35)49)16-32(26)34(50-25(2)47)19-29(48)8-12-38/h17-18,24,26,29-32,34,36,42,44-46,48-49H,3-6,8-10,12-16,19-23H2,1-2H3,(H3,40,41,43). The zero-order valence-corrected chi connectivity index (χ0v) is 32.8. The molecule has 10 unspecified atom stereocenters. The van der Waals surface area contributed by atoms with E-state index in [9.17, 15) is 25.2 Å². The van der Waals surface area contributed by atoms with Crippen LogP contribution in [0, 0.1) is 29.1 Å². The van der Waals surface area contributed by atoms with E-state index in [1.54, 1.807) is 13.0 Å². The smallest absolute Gasteiger partial charge is 0.302 e. The Morgan fingerprint density at radius 2 is 2.06 bits per heavy atom. The molecule has 12 nitrogen and oxygen atoms in total. The minimum Gasteiger partial charge on any atom is -0.504 e. The molecule has 0 saturated carbocycles. The average Bonchev–Trinajstić information content (AvgIpc) is 3.13. The van der Waals surface area contributed by atoms with Gasteiger partial charge in [0, 0.05) is 67.3 Å². The number of guanidine groups is 1. The van der Waals surface area contributed by atoms with Gasteiger partial charge in [-0.2, -0.15) is 0 Å². The molecule has 0 radical (unpaired) electrons. The van der Waals surface area contributed by atoms with Gasteiger partial charge in [-0.3, -0.25) is 9.79 Å². The number of aliphatic imine (C=N–C) groups is 1. The summed E-state index contributed by atoms with van der Waals surface area (Å²) in [4.78, 5) is 17.4. The van der Waals surface area contributed by atoms with Crippen LogP contribution in [0.5, 0.6) is 11.5 Å². The highest BCUT2D eigenvalue weighted by Gasteiger charge is 2.46. The molecule has 1 aromatic rings. The van der Waals surface area contributed by atoms with Crippen molar-refractivity contribution in [1.82, 2.24) is 16.0 Å². The van der Waals surface area contributed by atoms with Crippen molar-refractivity contribution in [1.29, 1.82) is 0 Å². The molecular weight excluding hydrogens is 715 g/mol. The van der Waals surface area contributed by atoms with Crippen LogP contribution in [0.4, 0.5) is 0 Å². The molecule has 5 aliphatic heterocycles. The van der Waals surface area contributed by atoms with Gasteiger partial charge >= 0.3 is 5.97 Å². The molecule has 5 heterocycles. The Labute approximate surface area is 322 Å². The number of nitrogens with zero attached hydrogens (tertiary/aromatic N) is 1. The fourth-order valence-electron chi connectivity index (χ4n) is 9.10. The second kappa shape index (κ2) is 18.0. The van der Waals surface area contributed by atoms with Crippen LogP contribution in [0.15, 0.2) is 17.1 Å². The number of aliphatic hydroxyl groups is 3. The number of phenolic OH excluding ortho intramolecular Hbond substituents is 1. The number of benzene rings is 1. The molecule has 6 aliphatic rings. The predicted octanol–water partition coefficient (Wildman–Crippen LogP) is 2.98. The van der Waals surface area contributed by atoms with Crippen LogP contribution in [-0.2, 0) is 22.6 Å². The Morgan fingerprint density at radius 3 is 2.81 bits per heavy atom. The van der Waals surface area contributed by atoms with Crippen LogP contribution in [0.25, 0.3) is 0 Å². The molecule has 8 bridgehead atoms. The number of ether oxygens (including phenoxy) is 2. The number of carbonyl (C=O) groups excluding carboxylic acids is 1. The highest BCUT2D eigenvalue weighted by atomic mass is 33.1. The Kier molecular flexibility index (Phi) is 13.7. The van der Waals surface area contributed by atoms with Crippen LogP contribution in [0.3, 0.4) is 0 Å². The van der Waals surface area contributed by atoms with Gasteiger partial charge in [0.05, 0.1) is 30.8 Å². The number of aromatic hydroxyl groups is 1. The normalized spacial score (nSPS) is 36.2. The zero-order valence-electron chi connectivity index (χ0n) is 31.1. The molecule has 2 saturated heterocycles. The molecule has 2 fully saturated rings. The van der Waals surface area contributed by atoms with Crippen molar-refractivity contribution >= 4 is 33.5 Å². The summed E-state index contributed by atoms with van der Waals surface area (Å²) in [5, 5.41) is 56.2. The lowest BCUT2D eigenvalue weighted by Crippen LogP contribution is -2.66.